The average Bonchev–Trinajstić information content (AvgIpc) is 2.88. The number of carbonyl (C=O) groups excluding carboxylic acids is 3. The number of benzene rings is 1. The fraction of sp³-hybridized carbons (Fsp3) is 0.393. The summed E-state index contributed by atoms with van der Waals surface area (Å²) in [5, 5.41) is 6.80. The fourth-order valence-electron chi connectivity index (χ4n) is 5.11. The molecule has 0 spiro atoms. The van der Waals surface area contributed by atoms with Gasteiger partial charge in [-0.15, -0.1) is 0 Å². The molecule has 0 atom stereocenters. The third kappa shape index (κ3) is 5.97. The number of piperazine rings is 1. The first-order valence-corrected chi connectivity index (χ1v) is 13.3. The van der Waals surface area contributed by atoms with Crippen molar-refractivity contribution in [3.05, 3.63) is 74.7 Å². The highest BCUT2D eigenvalue weighted by Crippen LogP contribution is 2.29. The maximum absolute atomic E-state index is 13.6. The molecule has 0 unspecified atom stereocenters. The molecule has 39 heavy (non-hydrogen) atoms. The first kappa shape index (κ1) is 26.8. The van der Waals surface area contributed by atoms with Crippen LogP contribution in [-0.2, 0) is 29.2 Å². The summed E-state index contributed by atoms with van der Waals surface area (Å²) in [6.07, 6.45) is 1.59. The van der Waals surface area contributed by atoms with E-state index in [-0.39, 0.29) is 42.4 Å². The van der Waals surface area contributed by atoms with Gasteiger partial charge in [-0.05, 0) is 40.8 Å². The normalized spacial score (nSPS) is 17.0. The van der Waals surface area contributed by atoms with Gasteiger partial charge in [0.15, 0.2) is 0 Å². The van der Waals surface area contributed by atoms with Gasteiger partial charge in [0.05, 0.1) is 6.54 Å². The Balaban J connectivity index is 1.50. The molecule has 2 N–H and O–H groups in total. The summed E-state index contributed by atoms with van der Waals surface area (Å²) in [7, 11) is 0. The Labute approximate surface area is 230 Å². The molecule has 2 aliphatic rings. The smallest absolute Gasteiger partial charge is 0.265 e. The van der Waals surface area contributed by atoms with Gasteiger partial charge in [-0.25, -0.2) is 4.98 Å². The van der Waals surface area contributed by atoms with Gasteiger partial charge >= 0.3 is 0 Å². The first-order valence-electron chi connectivity index (χ1n) is 12.9. The lowest BCUT2D eigenvalue weighted by Gasteiger charge is -2.45. The monoisotopic (exact) mass is 550 g/mol. The predicted octanol–water partition coefficient (Wildman–Crippen LogP) is 1.78. The van der Waals surface area contributed by atoms with Crippen LogP contribution in [0.4, 0.5) is 0 Å². The molecule has 204 valence electrons. The molecular weight excluding hydrogens is 520 g/mol. The minimum atomic E-state index is -0.578. The lowest BCUT2D eigenvalue weighted by molar-refractivity contribution is -0.142. The van der Waals surface area contributed by atoms with Crippen LogP contribution >= 0.6 is 11.6 Å². The van der Waals surface area contributed by atoms with Crippen LogP contribution in [0.25, 0.3) is 11.0 Å². The van der Waals surface area contributed by atoms with Crippen molar-refractivity contribution in [3.63, 3.8) is 0 Å². The SMILES string of the molecule is CC1(C)CN(C(=O)Cn2c(=O)c(C(=O)NCc3ccc(Cl)cc3)cc3c(CN4CCNC(=O)C4)ccnc32)C1. The first-order chi connectivity index (χ1) is 18.6. The van der Waals surface area contributed by atoms with Crippen LogP contribution < -0.4 is 16.2 Å². The number of aromatic nitrogens is 2. The molecule has 4 heterocycles. The van der Waals surface area contributed by atoms with E-state index in [1.54, 1.807) is 41.4 Å². The average molecular weight is 551 g/mol. The van der Waals surface area contributed by atoms with Gasteiger partial charge in [0, 0.05) is 55.9 Å². The predicted molar refractivity (Wildman–Crippen MR) is 147 cm³/mol. The number of amides is 3. The van der Waals surface area contributed by atoms with Gasteiger partial charge in [-0.2, -0.15) is 0 Å². The van der Waals surface area contributed by atoms with Gasteiger partial charge < -0.3 is 15.5 Å². The number of pyridine rings is 2. The Morgan fingerprint density at radius 3 is 2.56 bits per heavy atom. The largest absolute Gasteiger partial charge is 0.354 e. The molecule has 10 nitrogen and oxygen atoms in total. The number of nitrogens with one attached hydrogen (secondary N) is 2. The van der Waals surface area contributed by atoms with Crippen LogP contribution in [0.3, 0.4) is 0 Å². The van der Waals surface area contributed by atoms with Crippen LogP contribution in [0.2, 0.25) is 5.02 Å². The van der Waals surface area contributed by atoms with Crippen molar-refractivity contribution in [1.29, 1.82) is 0 Å². The van der Waals surface area contributed by atoms with E-state index in [1.165, 1.54) is 4.57 Å². The second-order valence-electron chi connectivity index (χ2n) is 10.9. The molecule has 2 saturated heterocycles. The molecule has 11 heteroatoms. The number of carbonyl (C=O) groups is 3. The number of fused-ring (bicyclic) bond motifs is 1. The molecule has 2 aliphatic heterocycles. The minimum Gasteiger partial charge on any atom is -0.354 e. The molecule has 0 bridgehead atoms. The third-order valence-corrected chi connectivity index (χ3v) is 7.34. The summed E-state index contributed by atoms with van der Waals surface area (Å²) in [6, 6.07) is 10.4. The zero-order valence-electron chi connectivity index (χ0n) is 22.0. The Kier molecular flexibility index (Phi) is 7.42. The fourth-order valence-corrected chi connectivity index (χ4v) is 5.24. The quantitative estimate of drug-likeness (QED) is 0.463. The Hall–Kier alpha value is -3.76. The van der Waals surface area contributed by atoms with Crippen molar-refractivity contribution in [1.82, 2.24) is 30.0 Å². The molecule has 2 fully saturated rings. The number of nitrogens with zero attached hydrogens (tertiary/aromatic N) is 4. The zero-order chi connectivity index (χ0) is 27.7. The standard InChI is InChI=1S/C28H31ClN6O4/c1-28(2)16-34(17-28)24(37)15-35-25-21(19(7-8-31-25)13-33-10-9-30-23(36)14-33)11-22(27(35)39)26(38)32-12-18-3-5-20(29)6-4-18/h3-8,11H,9-10,12-17H2,1-2H3,(H,30,36)(H,32,38). The van der Waals surface area contributed by atoms with Gasteiger partial charge in [0.2, 0.25) is 11.8 Å². The highest BCUT2D eigenvalue weighted by molar-refractivity contribution is 6.30. The third-order valence-electron chi connectivity index (χ3n) is 7.09. The second kappa shape index (κ2) is 10.8. The molecule has 0 aliphatic carbocycles. The summed E-state index contributed by atoms with van der Waals surface area (Å²) >= 11 is 5.96. The van der Waals surface area contributed by atoms with Gasteiger partial charge in [-0.1, -0.05) is 37.6 Å². The topological polar surface area (TPSA) is 117 Å². The van der Waals surface area contributed by atoms with Crippen molar-refractivity contribution < 1.29 is 14.4 Å². The van der Waals surface area contributed by atoms with Crippen LogP contribution in [0, 0.1) is 5.41 Å². The molecule has 0 saturated carbocycles. The lowest BCUT2D eigenvalue weighted by Crippen LogP contribution is -2.56. The van der Waals surface area contributed by atoms with Gasteiger partial charge in [-0.3, -0.25) is 28.6 Å². The van der Waals surface area contributed by atoms with E-state index < -0.39 is 11.5 Å². The van der Waals surface area contributed by atoms with Crippen molar-refractivity contribution in [2.75, 3.05) is 32.7 Å². The van der Waals surface area contributed by atoms with Crippen LogP contribution in [0.1, 0.15) is 35.3 Å². The minimum absolute atomic E-state index is 0.0399. The zero-order valence-corrected chi connectivity index (χ0v) is 22.8. The number of likely N-dealkylation sites (tertiary alicyclic amines) is 1. The van der Waals surface area contributed by atoms with E-state index in [1.807, 2.05) is 11.0 Å². The van der Waals surface area contributed by atoms with E-state index in [2.05, 4.69) is 29.5 Å². The van der Waals surface area contributed by atoms with Crippen molar-refractivity contribution >= 4 is 40.4 Å². The number of rotatable bonds is 7. The van der Waals surface area contributed by atoms with E-state index in [0.29, 0.717) is 48.8 Å². The van der Waals surface area contributed by atoms with E-state index in [9.17, 15) is 19.2 Å². The van der Waals surface area contributed by atoms with Crippen molar-refractivity contribution in [3.8, 4) is 0 Å². The number of hydrogen-bond acceptors (Lipinski definition) is 6. The Morgan fingerprint density at radius 2 is 1.87 bits per heavy atom. The maximum atomic E-state index is 13.6. The summed E-state index contributed by atoms with van der Waals surface area (Å²) in [5.74, 6) is -0.798. The summed E-state index contributed by atoms with van der Waals surface area (Å²) in [5.41, 5.74) is 1.37. The highest BCUT2D eigenvalue weighted by atomic mass is 35.5. The maximum Gasteiger partial charge on any atom is 0.265 e. The molecule has 0 radical (unpaired) electrons. The van der Waals surface area contributed by atoms with E-state index >= 15 is 0 Å². The van der Waals surface area contributed by atoms with E-state index in [0.717, 1.165) is 11.1 Å². The van der Waals surface area contributed by atoms with E-state index in [4.69, 9.17) is 11.6 Å². The van der Waals surface area contributed by atoms with Gasteiger partial charge in [0.25, 0.3) is 11.5 Å². The van der Waals surface area contributed by atoms with Gasteiger partial charge in [0.1, 0.15) is 17.8 Å². The second-order valence-corrected chi connectivity index (χ2v) is 11.4. The van der Waals surface area contributed by atoms with Crippen molar-refractivity contribution in [2.24, 2.45) is 5.41 Å². The molecule has 1 aromatic carbocycles. The summed E-state index contributed by atoms with van der Waals surface area (Å²) in [4.78, 5) is 60.1. The number of hydrogen-bond donors (Lipinski definition) is 2. The Bertz CT molecular complexity index is 1490. The highest BCUT2D eigenvalue weighted by Gasteiger charge is 2.37. The molecule has 3 aromatic rings. The van der Waals surface area contributed by atoms with Crippen LogP contribution in [0.15, 0.2) is 47.4 Å². The lowest BCUT2D eigenvalue weighted by atomic mass is 9.84. The number of halogens is 1. The molecular formula is C28H31ClN6O4. The van der Waals surface area contributed by atoms with Crippen LogP contribution in [0.5, 0.6) is 0 Å². The Morgan fingerprint density at radius 1 is 1.13 bits per heavy atom. The summed E-state index contributed by atoms with van der Waals surface area (Å²) < 4.78 is 1.30. The molecule has 2 aromatic heterocycles. The van der Waals surface area contributed by atoms with Crippen molar-refractivity contribution in [2.45, 2.75) is 33.5 Å². The molecule has 3 amide bonds. The van der Waals surface area contributed by atoms with Crippen LogP contribution in [-0.4, -0.2) is 69.8 Å². The summed E-state index contributed by atoms with van der Waals surface area (Å²) in [6.45, 7) is 7.27. The molecule has 5 rings (SSSR count).